The lowest BCUT2D eigenvalue weighted by atomic mass is 9.95. The van der Waals surface area contributed by atoms with E-state index >= 15 is 0 Å². The molecule has 1 rings (SSSR count). The molecule has 0 bridgehead atoms. The average molecular weight is 324 g/mol. The van der Waals surface area contributed by atoms with E-state index in [9.17, 15) is 14.7 Å². The number of methoxy groups -OCH3 is 2. The summed E-state index contributed by atoms with van der Waals surface area (Å²) in [5.74, 6) is -0.905. The number of esters is 1. The van der Waals surface area contributed by atoms with Crippen molar-refractivity contribution in [3.8, 4) is 0 Å². The average Bonchev–Trinajstić information content (AvgIpc) is 2.74. The Bertz CT molecular complexity index is 543. The molecule has 0 aromatic carbocycles. The van der Waals surface area contributed by atoms with Crippen LogP contribution >= 0.6 is 0 Å². The van der Waals surface area contributed by atoms with Crippen molar-refractivity contribution in [3.05, 3.63) is 35.6 Å². The predicted octanol–water partition coefficient (Wildman–Crippen LogP) is 1.69. The Labute approximate surface area is 136 Å². The fraction of sp³-hybridized carbons (Fsp3) is 0.529. The van der Waals surface area contributed by atoms with Crippen molar-refractivity contribution in [1.29, 1.82) is 0 Å². The first-order chi connectivity index (χ1) is 10.7. The van der Waals surface area contributed by atoms with Gasteiger partial charge in [0, 0.05) is 13.5 Å². The van der Waals surface area contributed by atoms with Crippen molar-refractivity contribution in [1.82, 2.24) is 0 Å². The minimum absolute atomic E-state index is 0.0805. The van der Waals surface area contributed by atoms with Gasteiger partial charge in [-0.3, -0.25) is 4.79 Å². The van der Waals surface area contributed by atoms with Gasteiger partial charge in [0.2, 0.25) is 5.78 Å². The predicted molar refractivity (Wildman–Crippen MR) is 84.6 cm³/mol. The third-order valence-electron chi connectivity index (χ3n) is 3.47. The highest BCUT2D eigenvalue weighted by Gasteiger charge is 2.47. The second kappa shape index (κ2) is 8.08. The molecule has 0 aromatic heterocycles. The summed E-state index contributed by atoms with van der Waals surface area (Å²) in [5, 5.41) is 9.17. The number of carbonyl (C=O) groups is 2. The Morgan fingerprint density at radius 1 is 1.35 bits per heavy atom. The highest BCUT2D eigenvalue weighted by Crippen LogP contribution is 2.35. The summed E-state index contributed by atoms with van der Waals surface area (Å²) < 4.78 is 15.6. The molecule has 3 atom stereocenters. The Morgan fingerprint density at radius 2 is 2.00 bits per heavy atom. The van der Waals surface area contributed by atoms with E-state index < -0.39 is 23.5 Å². The molecule has 1 N–H and O–H groups in total. The summed E-state index contributed by atoms with van der Waals surface area (Å²) >= 11 is 0. The lowest BCUT2D eigenvalue weighted by Crippen LogP contribution is -2.33. The fourth-order valence-corrected chi connectivity index (χ4v) is 2.10. The van der Waals surface area contributed by atoms with Crippen LogP contribution in [0.5, 0.6) is 0 Å². The molecule has 0 spiro atoms. The Hall–Kier alpha value is -1.92. The number of carbonyl (C=O) groups excluding carboxylic acids is 2. The number of hydrogen-bond donors (Lipinski definition) is 1. The zero-order valence-electron chi connectivity index (χ0n) is 14.2. The largest absolute Gasteiger partial charge is 0.478 e. The van der Waals surface area contributed by atoms with Gasteiger partial charge in [-0.1, -0.05) is 18.2 Å². The third kappa shape index (κ3) is 4.77. The van der Waals surface area contributed by atoms with E-state index in [2.05, 4.69) is 0 Å². The number of aliphatic hydroxyl groups excluding tert-OH is 1. The van der Waals surface area contributed by atoms with Crippen molar-refractivity contribution in [2.75, 3.05) is 14.2 Å². The molecule has 6 nitrogen and oxygen atoms in total. The van der Waals surface area contributed by atoms with E-state index in [0.717, 1.165) is 0 Å². The number of rotatable bonds is 7. The number of ether oxygens (including phenoxy) is 3. The maximum atomic E-state index is 12.6. The molecule has 0 saturated carbocycles. The molecule has 0 fully saturated rings. The zero-order valence-corrected chi connectivity index (χ0v) is 14.2. The monoisotopic (exact) mass is 324 g/mol. The maximum Gasteiger partial charge on any atom is 0.345 e. The van der Waals surface area contributed by atoms with Gasteiger partial charge >= 0.3 is 5.97 Å². The van der Waals surface area contributed by atoms with Crippen molar-refractivity contribution in [2.24, 2.45) is 0 Å². The van der Waals surface area contributed by atoms with Crippen molar-refractivity contribution >= 4 is 11.8 Å². The van der Waals surface area contributed by atoms with Crippen LogP contribution in [-0.2, 0) is 23.8 Å². The number of ketones is 1. The van der Waals surface area contributed by atoms with Crippen LogP contribution in [0, 0.1) is 0 Å². The highest BCUT2D eigenvalue weighted by atomic mass is 16.5. The molecule has 0 radical (unpaired) electrons. The van der Waals surface area contributed by atoms with Gasteiger partial charge in [0.1, 0.15) is 11.3 Å². The normalized spacial score (nSPS) is 24.3. The first-order valence-corrected chi connectivity index (χ1v) is 7.37. The molecule has 0 amide bonds. The van der Waals surface area contributed by atoms with Gasteiger partial charge in [-0.15, -0.1) is 0 Å². The van der Waals surface area contributed by atoms with Gasteiger partial charge in [0.05, 0.1) is 19.3 Å². The quantitative estimate of drug-likeness (QED) is 0.436. The van der Waals surface area contributed by atoms with Gasteiger partial charge in [0.15, 0.2) is 5.60 Å². The summed E-state index contributed by atoms with van der Waals surface area (Å²) in [7, 11) is 2.76. The Morgan fingerprint density at radius 3 is 2.52 bits per heavy atom. The van der Waals surface area contributed by atoms with E-state index in [1.807, 2.05) is 6.92 Å². The van der Waals surface area contributed by atoms with Crippen LogP contribution in [0.1, 0.15) is 27.2 Å². The van der Waals surface area contributed by atoms with Crippen LogP contribution in [0.3, 0.4) is 0 Å². The van der Waals surface area contributed by atoms with Gasteiger partial charge in [-0.2, -0.15) is 0 Å². The van der Waals surface area contributed by atoms with Crippen LogP contribution in [0.2, 0.25) is 0 Å². The first kappa shape index (κ1) is 19.1. The van der Waals surface area contributed by atoms with E-state index in [1.165, 1.54) is 7.11 Å². The molecule has 1 aliphatic rings. The van der Waals surface area contributed by atoms with Crippen molar-refractivity contribution < 1.29 is 28.9 Å². The van der Waals surface area contributed by atoms with Gasteiger partial charge in [-0.05, 0) is 26.8 Å². The fourth-order valence-electron chi connectivity index (χ4n) is 2.10. The summed E-state index contributed by atoms with van der Waals surface area (Å²) in [5.41, 5.74) is -1.36. The van der Waals surface area contributed by atoms with Crippen LogP contribution in [-0.4, -0.2) is 48.9 Å². The molecular weight excluding hydrogens is 300 g/mol. The zero-order chi connectivity index (χ0) is 17.6. The van der Waals surface area contributed by atoms with Crippen LogP contribution in [0.4, 0.5) is 0 Å². The molecule has 1 aliphatic heterocycles. The number of allylic oxidation sites excluding steroid dienone is 2. The second-order valence-corrected chi connectivity index (χ2v) is 5.56. The molecule has 128 valence electrons. The second-order valence-electron chi connectivity index (χ2n) is 5.56. The summed E-state index contributed by atoms with van der Waals surface area (Å²) in [6.45, 7) is 5.01. The smallest absolute Gasteiger partial charge is 0.345 e. The lowest BCUT2D eigenvalue weighted by Gasteiger charge is -2.20. The summed E-state index contributed by atoms with van der Waals surface area (Å²) in [4.78, 5) is 24.5. The maximum absolute atomic E-state index is 12.6. The number of Topliss-reactive ketones (excluding diaryl/α,β-unsaturated/α-hetero) is 1. The van der Waals surface area contributed by atoms with E-state index in [4.69, 9.17) is 14.2 Å². The Balaban J connectivity index is 3.05. The Kier molecular flexibility index (Phi) is 6.72. The first-order valence-electron chi connectivity index (χ1n) is 7.37. The number of hydrogen-bond acceptors (Lipinski definition) is 6. The molecule has 0 saturated heterocycles. The van der Waals surface area contributed by atoms with Gasteiger partial charge in [0.25, 0.3) is 0 Å². The SMILES string of the molecule is COC(=O)C1=C(CC(C)OC)OC(C)(C=CC=CC(C)O)C1=O. The highest BCUT2D eigenvalue weighted by molar-refractivity contribution is 6.22. The minimum atomic E-state index is -1.28. The molecule has 0 aromatic rings. The minimum Gasteiger partial charge on any atom is -0.478 e. The van der Waals surface area contributed by atoms with Crippen LogP contribution in [0.15, 0.2) is 35.6 Å². The topological polar surface area (TPSA) is 82.1 Å². The van der Waals surface area contributed by atoms with E-state index in [0.29, 0.717) is 6.42 Å². The van der Waals surface area contributed by atoms with Gasteiger partial charge < -0.3 is 19.3 Å². The summed E-state index contributed by atoms with van der Waals surface area (Å²) in [6.07, 6.45) is 5.80. The van der Waals surface area contributed by atoms with E-state index in [1.54, 1.807) is 45.3 Å². The van der Waals surface area contributed by atoms with Crippen molar-refractivity contribution in [2.45, 2.75) is 45.0 Å². The van der Waals surface area contributed by atoms with Gasteiger partial charge in [-0.25, -0.2) is 4.79 Å². The standard InChI is InChI=1S/C17H24O6/c1-11(18)8-6-7-9-17(3)15(19)14(16(20)22-5)13(23-17)10-12(2)21-4/h6-9,11-12,18H,10H2,1-5H3. The van der Waals surface area contributed by atoms with Crippen LogP contribution < -0.4 is 0 Å². The molecule has 3 unspecified atom stereocenters. The molecular formula is C17H24O6. The molecule has 6 heteroatoms. The molecule has 1 heterocycles. The van der Waals surface area contributed by atoms with Crippen molar-refractivity contribution in [3.63, 3.8) is 0 Å². The van der Waals surface area contributed by atoms with Crippen LogP contribution in [0.25, 0.3) is 0 Å². The summed E-state index contributed by atoms with van der Waals surface area (Å²) in [6, 6.07) is 0. The number of aliphatic hydroxyl groups is 1. The van der Waals surface area contributed by atoms with E-state index in [-0.39, 0.29) is 17.4 Å². The molecule has 0 aliphatic carbocycles. The lowest BCUT2D eigenvalue weighted by molar-refractivity contribution is -0.138. The third-order valence-corrected chi connectivity index (χ3v) is 3.47. The molecule has 23 heavy (non-hydrogen) atoms.